The molecule has 0 spiro atoms. The summed E-state index contributed by atoms with van der Waals surface area (Å²) in [6.07, 6.45) is 4.33. The summed E-state index contributed by atoms with van der Waals surface area (Å²) < 4.78 is 17.1. The van der Waals surface area contributed by atoms with Gasteiger partial charge in [-0.15, -0.1) is 11.6 Å². The number of imide groups is 1. The van der Waals surface area contributed by atoms with E-state index >= 15 is 0 Å². The van der Waals surface area contributed by atoms with Gasteiger partial charge in [-0.05, 0) is 104 Å². The topological polar surface area (TPSA) is 337 Å². The number of rotatable bonds is 27. The van der Waals surface area contributed by atoms with Crippen LogP contribution in [0.15, 0.2) is 128 Å². The van der Waals surface area contributed by atoms with Gasteiger partial charge in [0, 0.05) is 58.2 Å². The second-order valence-corrected chi connectivity index (χ2v) is 25.7. The van der Waals surface area contributed by atoms with Crippen LogP contribution in [-0.4, -0.2) is 137 Å². The molecule has 23 nitrogen and oxygen atoms in total. The summed E-state index contributed by atoms with van der Waals surface area (Å²) in [5.41, 5.74) is 3.25. The Kier molecular flexibility index (Phi) is 22.0. The number of benzene rings is 3. The monoisotopic (exact) mass is 1280 g/mol. The van der Waals surface area contributed by atoms with Crippen LogP contribution >= 0.6 is 35.1 Å². The lowest BCUT2D eigenvalue weighted by molar-refractivity contribution is -0.203. The molecule has 3 fully saturated rings. The van der Waals surface area contributed by atoms with E-state index in [1.54, 1.807) is 31.2 Å². The Morgan fingerprint density at radius 2 is 1.46 bits per heavy atom. The Labute approximate surface area is 528 Å². The van der Waals surface area contributed by atoms with Crippen molar-refractivity contribution in [3.63, 3.8) is 0 Å². The summed E-state index contributed by atoms with van der Waals surface area (Å²) in [7, 11) is 0. The third kappa shape index (κ3) is 14.9. The van der Waals surface area contributed by atoms with Gasteiger partial charge in [-0.3, -0.25) is 48.1 Å². The number of carbonyl (C=O) groups is 11. The molecule has 9 amide bonds. The van der Waals surface area contributed by atoms with E-state index in [2.05, 4.69) is 31.9 Å². The number of aliphatic hydroxyl groups is 1. The summed E-state index contributed by atoms with van der Waals surface area (Å²) in [5, 5.41) is 27.1. The number of amides is 9. The smallest absolute Gasteiger partial charge is 0.407 e. The summed E-state index contributed by atoms with van der Waals surface area (Å²) in [6.45, 7) is 4.79. The van der Waals surface area contributed by atoms with Crippen LogP contribution < -0.4 is 37.6 Å². The number of anilines is 1. The van der Waals surface area contributed by atoms with Gasteiger partial charge in [-0.25, -0.2) is 9.59 Å². The van der Waals surface area contributed by atoms with Crippen LogP contribution in [0.2, 0.25) is 0 Å². The maximum atomic E-state index is 14.5. The van der Waals surface area contributed by atoms with Crippen molar-refractivity contribution in [3.05, 3.63) is 124 Å². The van der Waals surface area contributed by atoms with E-state index in [1.165, 1.54) is 18.2 Å². The third-order valence-electron chi connectivity index (χ3n) is 17.4. The summed E-state index contributed by atoms with van der Waals surface area (Å²) >= 11 is 9.92. The number of nitrogens with one attached hydrogen (secondary N) is 6. The molecule has 26 heteroatoms. The van der Waals surface area contributed by atoms with Crippen molar-refractivity contribution in [2.45, 2.75) is 118 Å². The minimum absolute atomic E-state index is 0.00911. The molecule has 1 aliphatic heterocycles. The van der Waals surface area contributed by atoms with Gasteiger partial charge in [0.2, 0.25) is 29.4 Å². The minimum atomic E-state index is -1.70. The number of aliphatic hydroxyl groups excluding tert-OH is 1. The van der Waals surface area contributed by atoms with Crippen LogP contribution in [-0.2, 0) is 64.0 Å². The largest absolute Gasteiger partial charge is 0.450 e. The molecule has 4 aliphatic carbocycles. The summed E-state index contributed by atoms with van der Waals surface area (Å²) in [4.78, 5) is 146. The molecule has 1 unspecified atom stereocenters. The molecule has 0 radical (unpaired) electrons. The van der Waals surface area contributed by atoms with E-state index in [9.17, 15) is 57.8 Å². The lowest BCUT2D eigenvalue weighted by atomic mass is 9.45. The lowest BCUT2D eigenvalue weighted by Crippen LogP contribution is -2.69. The molecule has 89 heavy (non-hydrogen) atoms. The quantitative estimate of drug-likeness (QED) is 0.0149. The van der Waals surface area contributed by atoms with Gasteiger partial charge in [0.05, 0.1) is 27.3 Å². The van der Waals surface area contributed by atoms with Crippen LogP contribution in [0, 0.1) is 28.6 Å². The van der Waals surface area contributed by atoms with E-state index < -0.39 is 125 Å². The molecule has 0 saturated heterocycles. The number of hydrogen-bond donors (Lipinski definition) is 8. The number of alkyl halides is 1. The Morgan fingerprint density at radius 3 is 2.09 bits per heavy atom. The second-order valence-electron chi connectivity index (χ2n) is 22.9. The molecule has 5 aliphatic rings. The summed E-state index contributed by atoms with van der Waals surface area (Å²) in [6, 6.07) is 22.4. The van der Waals surface area contributed by atoms with Crippen molar-refractivity contribution >= 4 is 106 Å². The van der Waals surface area contributed by atoms with Gasteiger partial charge in [-0.1, -0.05) is 111 Å². The number of hydrogen-bond acceptors (Lipinski definition) is 17. The first kappa shape index (κ1) is 67.1. The van der Waals surface area contributed by atoms with Crippen molar-refractivity contribution < 1.29 is 72.1 Å². The first-order valence-corrected chi connectivity index (χ1v) is 31.3. The Morgan fingerprint density at radius 1 is 0.820 bits per heavy atom. The zero-order chi connectivity index (χ0) is 64.3. The minimum Gasteiger partial charge on any atom is -0.450 e. The maximum absolute atomic E-state index is 14.5. The van der Waals surface area contributed by atoms with Crippen LogP contribution in [0.25, 0.3) is 0 Å². The fourth-order valence-corrected chi connectivity index (χ4v) is 15.6. The maximum Gasteiger partial charge on any atom is 0.407 e. The zero-order valence-electron chi connectivity index (χ0n) is 49.7. The number of fused-ring (bicyclic) bond motifs is 5. The zero-order valence-corrected chi connectivity index (χ0v) is 52.1. The highest BCUT2D eigenvalue weighted by Crippen LogP contribution is 2.72. The average molecular weight is 1280 g/mol. The molecule has 1 heterocycles. The second kappa shape index (κ2) is 29.2. The van der Waals surface area contributed by atoms with Crippen molar-refractivity contribution in [3.8, 4) is 0 Å². The molecule has 9 N–H and O–H groups in total. The van der Waals surface area contributed by atoms with Gasteiger partial charge in [0.1, 0.15) is 32.5 Å². The Bertz CT molecular complexity index is 3270. The fraction of sp³-hybridized carbons (Fsp3) is 0.444. The van der Waals surface area contributed by atoms with E-state index in [0.717, 1.165) is 43.8 Å². The van der Waals surface area contributed by atoms with Crippen molar-refractivity contribution in [1.29, 1.82) is 0 Å². The van der Waals surface area contributed by atoms with Gasteiger partial charge in [-0.2, -0.15) is 0 Å². The van der Waals surface area contributed by atoms with Gasteiger partial charge < -0.3 is 57.0 Å². The highest BCUT2D eigenvalue weighted by atomic mass is 35.5. The number of urea groups is 1. The Balaban J connectivity index is 0.766. The number of thioether (sulfide) groups is 2. The number of carbonyl (C=O) groups excluding carboxylic acids is 11. The fourth-order valence-electron chi connectivity index (χ4n) is 13.0. The van der Waals surface area contributed by atoms with Gasteiger partial charge in [0.25, 0.3) is 11.8 Å². The summed E-state index contributed by atoms with van der Waals surface area (Å²) in [5.74, 6) is -6.12. The highest BCUT2D eigenvalue weighted by molar-refractivity contribution is 8.08. The van der Waals surface area contributed by atoms with Crippen molar-refractivity contribution in [1.82, 2.24) is 31.5 Å². The van der Waals surface area contributed by atoms with Crippen LogP contribution in [0.5, 0.6) is 0 Å². The van der Waals surface area contributed by atoms with Crippen LogP contribution in [0.1, 0.15) is 84.6 Å². The molecule has 0 bridgehead atoms. The van der Waals surface area contributed by atoms with Gasteiger partial charge >= 0.3 is 18.1 Å². The van der Waals surface area contributed by atoms with E-state index in [4.69, 9.17) is 31.5 Å². The number of halogens is 1. The van der Waals surface area contributed by atoms with E-state index in [1.807, 2.05) is 81.4 Å². The predicted molar refractivity (Wildman–Crippen MR) is 329 cm³/mol. The highest BCUT2D eigenvalue weighted by Gasteiger charge is 2.76. The van der Waals surface area contributed by atoms with E-state index in [-0.39, 0.29) is 79.2 Å². The molecule has 3 aromatic carbocycles. The first-order valence-electron chi connectivity index (χ1n) is 29.3. The normalized spacial score (nSPS) is 25.3. The molecular formula is C63H73ClN8O15S2. The predicted octanol–water partition coefficient (Wildman–Crippen LogP) is 5.69. The molecular weight excluding hydrogens is 1210 g/mol. The third-order valence-corrected chi connectivity index (χ3v) is 20.6. The molecule has 9 atom stereocenters. The average Bonchev–Trinajstić information content (AvgIpc) is 1.63. The van der Waals surface area contributed by atoms with Gasteiger partial charge in [0.15, 0.2) is 11.4 Å². The number of Topliss-reactive ketones (excluding diaryl/α,β-unsaturated/α-hetero) is 1. The van der Waals surface area contributed by atoms with Crippen LogP contribution in [0.4, 0.5) is 15.3 Å². The number of nitrogens with two attached hydrogens (primary N) is 1. The number of alkyl carbamates (subject to hydrolysis) is 1. The SMILES string of the molecule is CCC(=O)O[C@]1(C(=O)COCNC(=O)CNC(=O)OCc2ccc(NC(=O)[C@H](CCCNC(N)=O)NC(=O)CNC(=O)CCN3C(=O)C(Sc4ccccc4)=C(Sc4ccccc4)C3=O)cc2)[C@@H](C)CC2[C@@H]3CCC4=CC(=O)C=C[C@]4(C)[C@@]3(Cl)[C@@H](O)C[C@@]21C. The van der Waals surface area contributed by atoms with Crippen LogP contribution in [0.3, 0.4) is 0 Å². The number of ether oxygens (including phenoxy) is 3. The van der Waals surface area contributed by atoms with E-state index in [0.29, 0.717) is 30.5 Å². The number of esters is 1. The number of ketones is 2. The lowest BCUT2D eigenvalue weighted by Gasteiger charge is -2.64. The van der Waals surface area contributed by atoms with Crippen molar-refractivity contribution in [2.24, 2.45) is 34.3 Å². The first-order chi connectivity index (χ1) is 42.4. The molecule has 8 rings (SSSR count). The molecule has 0 aromatic heterocycles. The number of allylic oxidation sites excluding steroid dienone is 4. The Hall–Kier alpha value is -7.84. The van der Waals surface area contributed by atoms with Crippen molar-refractivity contribution in [2.75, 3.05) is 44.8 Å². The molecule has 3 aromatic rings. The molecule has 474 valence electrons. The number of primary amides is 1. The standard InChI is InChI=1S/C63H73ClN8O15S2/c1-5-52(79)87-63(37(2)29-45-44-23-20-39-30-41(73)24-26-60(39,3)62(44,64)47(74)31-61(45,63)4)48(75)35-85-36-69-50(77)32-68-59(84)86-34-38-18-21-40(22-19-38)70-55(80)46(17-12-27-66-58(65)83)71-51(78)33-67-49(76)25-28-72-56(81)53(88-42-13-8-6-9-14-42)54(57(72)82)89-43-15-10-7-11-16-43/h6-11,13-16,18-19,21-22,24,26,30,37,44-47,74H,5,12,17,20,23,25,27-29,31-36H2,1-4H3,(H,67,76)(H,68,84)(H,69,77)(H,70,80)(H,71,78)(H3,65,66,83)/t37-,44-,45?,46-,47-,60-,61-,62-,63-/m0/s1. The number of nitrogens with zero attached hydrogens (tertiary/aromatic N) is 1. The molecule has 3 saturated carbocycles.